The molecule has 27 heavy (non-hydrogen) atoms. The fourth-order valence-corrected chi connectivity index (χ4v) is 3.39. The van der Waals surface area contributed by atoms with E-state index in [0.717, 1.165) is 34.6 Å². The zero-order valence-electron chi connectivity index (χ0n) is 15.7. The molecule has 1 amide bonds. The van der Waals surface area contributed by atoms with Gasteiger partial charge in [0.1, 0.15) is 5.75 Å². The number of carbonyl (C=O) groups is 1. The lowest BCUT2D eigenvalue weighted by Gasteiger charge is -2.05. The highest BCUT2D eigenvalue weighted by atomic mass is 32.1. The van der Waals surface area contributed by atoms with Gasteiger partial charge in [0.05, 0.1) is 12.8 Å². The molecular formula is C22H22N2O2S. The molecule has 0 radical (unpaired) electrons. The Labute approximate surface area is 163 Å². The zero-order chi connectivity index (χ0) is 19.2. The number of benzene rings is 2. The van der Waals surface area contributed by atoms with Gasteiger partial charge in [0.25, 0.3) is 0 Å². The second kappa shape index (κ2) is 8.64. The van der Waals surface area contributed by atoms with E-state index in [2.05, 4.69) is 41.5 Å². The number of hydrogen-bond donors (Lipinski definition) is 1. The maximum atomic E-state index is 12.2. The van der Waals surface area contributed by atoms with Gasteiger partial charge in [-0.25, -0.2) is 4.98 Å². The van der Waals surface area contributed by atoms with E-state index in [9.17, 15) is 4.79 Å². The van der Waals surface area contributed by atoms with Gasteiger partial charge in [-0.3, -0.25) is 10.1 Å². The molecule has 5 heteroatoms. The fraction of sp³-hybridized carbons (Fsp3) is 0.182. The number of ether oxygens (including phenoxy) is 1. The van der Waals surface area contributed by atoms with Crippen molar-refractivity contribution in [2.45, 2.75) is 20.3 Å². The summed E-state index contributed by atoms with van der Waals surface area (Å²) in [6.45, 7) is 4.13. The Morgan fingerprint density at radius 1 is 1.22 bits per heavy atom. The van der Waals surface area contributed by atoms with E-state index in [4.69, 9.17) is 4.74 Å². The van der Waals surface area contributed by atoms with Crippen LogP contribution in [0, 0.1) is 6.92 Å². The van der Waals surface area contributed by atoms with Crippen molar-refractivity contribution < 1.29 is 9.53 Å². The van der Waals surface area contributed by atoms with Gasteiger partial charge >= 0.3 is 0 Å². The predicted molar refractivity (Wildman–Crippen MR) is 112 cm³/mol. The standard InChI is InChI=1S/C22H22N2O2S/c1-4-16-6-8-17(9-7-16)19-14-27-22(23-19)24-21(25)12-10-18-13-15(2)5-11-20(18)26-3/h5-14H,4H2,1-3H3,(H,23,24,25)/b12-10+. The molecule has 1 heterocycles. The number of nitrogens with one attached hydrogen (secondary N) is 1. The molecule has 2 aromatic carbocycles. The van der Waals surface area contributed by atoms with Gasteiger partial charge in [-0.2, -0.15) is 0 Å². The molecule has 0 atom stereocenters. The summed E-state index contributed by atoms with van der Waals surface area (Å²) < 4.78 is 5.33. The summed E-state index contributed by atoms with van der Waals surface area (Å²) in [6.07, 6.45) is 4.25. The van der Waals surface area contributed by atoms with Crippen molar-refractivity contribution in [3.05, 3.63) is 70.6 Å². The number of aryl methyl sites for hydroxylation is 2. The van der Waals surface area contributed by atoms with Crippen LogP contribution < -0.4 is 10.1 Å². The second-order valence-corrected chi connectivity index (χ2v) is 7.01. The SMILES string of the molecule is CCc1ccc(-c2csc(NC(=O)/C=C/c3cc(C)ccc3OC)n2)cc1. The third-order valence-corrected chi connectivity index (χ3v) is 4.95. The summed E-state index contributed by atoms with van der Waals surface area (Å²) in [4.78, 5) is 16.7. The summed E-state index contributed by atoms with van der Waals surface area (Å²) in [5.74, 6) is 0.512. The maximum Gasteiger partial charge on any atom is 0.250 e. The van der Waals surface area contributed by atoms with Gasteiger partial charge in [-0.05, 0) is 37.1 Å². The van der Waals surface area contributed by atoms with Crippen molar-refractivity contribution in [1.29, 1.82) is 0 Å². The summed E-state index contributed by atoms with van der Waals surface area (Å²) in [5, 5.41) is 5.35. The van der Waals surface area contributed by atoms with E-state index >= 15 is 0 Å². The molecule has 0 spiro atoms. The van der Waals surface area contributed by atoms with Gasteiger partial charge in [0.2, 0.25) is 5.91 Å². The number of rotatable bonds is 6. The largest absolute Gasteiger partial charge is 0.496 e. The number of methoxy groups -OCH3 is 1. The molecule has 0 saturated heterocycles. The molecule has 0 aliphatic rings. The molecule has 4 nitrogen and oxygen atoms in total. The average Bonchev–Trinajstić information content (AvgIpc) is 3.15. The monoisotopic (exact) mass is 378 g/mol. The minimum atomic E-state index is -0.221. The van der Waals surface area contributed by atoms with Crippen molar-refractivity contribution in [2.24, 2.45) is 0 Å². The highest BCUT2D eigenvalue weighted by molar-refractivity contribution is 7.14. The second-order valence-electron chi connectivity index (χ2n) is 6.16. The normalized spacial score (nSPS) is 10.9. The van der Waals surface area contributed by atoms with Crippen LogP contribution in [0.25, 0.3) is 17.3 Å². The lowest BCUT2D eigenvalue weighted by atomic mass is 10.1. The summed E-state index contributed by atoms with van der Waals surface area (Å²) in [5.41, 5.74) is 5.17. The van der Waals surface area contributed by atoms with Crippen LogP contribution in [0.3, 0.4) is 0 Å². The quantitative estimate of drug-likeness (QED) is 0.589. The van der Waals surface area contributed by atoms with Crippen LogP contribution in [-0.4, -0.2) is 18.0 Å². The number of anilines is 1. The Bertz CT molecular complexity index is 959. The van der Waals surface area contributed by atoms with Crippen molar-refractivity contribution in [2.75, 3.05) is 12.4 Å². The molecule has 0 unspecified atom stereocenters. The molecule has 0 aliphatic heterocycles. The number of carbonyl (C=O) groups excluding carboxylic acids is 1. The molecule has 3 aromatic rings. The molecule has 138 valence electrons. The van der Waals surface area contributed by atoms with Crippen molar-refractivity contribution in [1.82, 2.24) is 4.98 Å². The molecule has 0 bridgehead atoms. The number of hydrogen-bond acceptors (Lipinski definition) is 4. The van der Waals surface area contributed by atoms with Gasteiger partial charge < -0.3 is 4.74 Å². The highest BCUT2D eigenvalue weighted by Gasteiger charge is 2.07. The first-order chi connectivity index (χ1) is 13.1. The van der Waals surface area contributed by atoms with Crippen LogP contribution in [0.15, 0.2) is 53.9 Å². The maximum absolute atomic E-state index is 12.2. The van der Waals surface area contributed by atoms with E-state index < -0.39 is 0 Å². The van der Waals surface area contributed by atoms with E-state index in [1.54, 1.807) is 13.2 Å². The molecular weight excluding hydrogens is 356 g/mol. The lowest BCUT2D eigenvalue weighted by molar-refractivity contribution is -0.111. The van der Waals surface area contributed by atoms with Crippen LogP contribution in [0.1, 0.15) is 23.6 Å². The van der Waals surface area contributed by atoms with Crippen molar-refractivity contribution >= 4 is 28.5 Å². The Morgan fingerprint density at radius 2 is 2.00 bits per heavy atom. The van der Waals surface area contributed by atoms with Crippen LogP contribution in [0.5, 0.6) is 5.75 Å². The van der Waals surface area contributed by atoms with Gasteiger partial charge in [0, 0.05) is 22.6 Å². The fourth-order valence-electron chi connectivity index (χ4n) is 2.67. The molecule has 1 aromatic heterocycles. The Balaban J connectivity index is 1.68. The van der Waals surface area contributed by atoms with E-state index in [-0.39, 0.29) is 5.91 Å². The van der Waals surface area contributed by atoms with Gasteiger partial charge in [0.15, 0.2) is 5.13 Å². The Morgan fingerprint density at radius 3 is 2.70 bits per heavy atom. The predicted octanol–water partition coefficient (Wildman–Crippen LogP) is 5.34. The first-order valence-electron chi connectivity index (χ1n) is 8.77. The summed E-state index contributed by atoms with van der Waals surface area (Å²) >= 11 is 1.41. The molecule has 1 N–H and O–H groups in total. The number of thiazole rings is 1. The number of aromatic nitrogens is 1. The summed E-state index contributed by atoms with van der Waals surface area (Å²) in [7, 11) is 1.62. The highest BCUT2D eigenvalue weighted by Crippen LogP contribution is 2.25. The van der Waals surface area contributed by atoms with E-state index in [1.165, 1.54) is 23.0 Å². The third-order valence-electron chi connectivity index (χ3n) is 4.19. The Hall–Kier alpha value is -2.92. The molecule has 0 saturated carbocycles. The average molecular weight is 378 g/mol. The smallest absolute Gasteiger partial charge is 0.250 e. The number of nitrogens with zero attached hydrogens (tertiary/aromatic N) is 1. The molecule has 3 rings (SSSR count). The van der Waals surface area contributed by atoms with Crippen LogP contribution in [0.4, 0.5) is 5.13 Å². The molecule has 0 fully saturated rings. The van der Waals surface area contributed by atoms with Crippen molar-refractivity contribution in [3.8, 4) is 17.0 Å². The Kier molecular flexibility index (Phi) is 6.04. The van der Waals surface area contributed by atoms with Gasteiger partial charge in [-0.1, -0.05) is 42.8 Å². The zero-order valence-corrected chi connectivity index (χ0v) is 16.5. The topological polar surface area (TPSA) is 51.2 Å². The van der Waals surface area contributed by atoms with Crippen LogP contribution in [-0.2, 0) is 11.2 Å². The first kappa shape index (κ1) is 18.9. The third kappa shape index (κ3) is 4.83. The number of amides is 1. The van der Waals surface area contributed by atoms with Crippen molar-refractivity contribution in [3.63, 3.8) is 0 Å². The minimum Gasteiger partial charge on any atom is -0.496 e. The minimum absolute atomic E-state index is 0.221. The van der Waals surface area contributed by atoms with Crippen LogP contribution >= 0.6 is 11.3 Å². The van der Waals surface area contributed by atoms with Gasteiger partial charge in [-0.15, -0.1) is 11.3 Å². The van der Waals surface area contributed by atoms with E-state index in [0.29, 0.717) is 5.13 Å². The van der Waals surface area contributed by atoms with Crippen LogP contribution in [0.2, 0.25) is 0 Å². The van der Waals surface area contributed by atoms with E-state index in [1.807, 2.05) is 30.5 Å². The summed E-state index contributed by atoms with van der Waals surface area (Å²) in [6, 6.07) is 14.2. The first-order valence-corrected chi connectivity index (χ1v) is 9.65. The molecule has 0 aliphatic carbocycles. The lowest BCUT2D eigenvalue weighted by Crippen LogP contribution is -2.07.